The molecule has 1 saturated carbocycles. The van der Waals surface area contributed by atoms with Crippen molar-refractivity contribution < 1.29 is 23.0 Å². The summed E-state index contributed by atoms with van der Waals surface area (Å²) in [6.07, 6.45) is 2.46. The van der Waals surface area contributed by atoms with E-state index in [0.717, 1.165) is 25.0 Å². The molecule has 0 saturated heterocycles. The summed E-state index contributed by atoms with van der Waals surface area (Å²) in [5, 5.41) is 12.6. The summed E-state index contributed by atoms with van der Waals surface area (Å²) in [5.74, 6) is -1.22. The largest absolute Gasteiger partial charge is 0.393 e. The lowest BCUT2D eigenvalue weighted by atomic mass is 9.93. The first-order valence-electron chi connectivity index (χ1n) is 8.95. The van der Waals surface area contributed by atoms with Crippen LogP contribution in [-0.2, 0) is 11.5 Å². The second kappa shape index (κ2) is 7.38. The average molecular weight is 432 g/mol. The van der Waals surface area contributed by atoms with Crippen molar-refractivity contribution in [1.29, 1.82) is 0 Å². The zero-order valence-electron chi connectivity index (χ0n) is 14.8. The summed E-state index contributed by atoms with van der Waals surface area (Å²) in [6, 6.07) is 1.85. The number of hydrogen-bond donors (Lipinski definition) is 4. The highest BCUT2D eigenvalue weighted by Crippen LogP contribution is 2.54. The predicted molar refractivity (Wildman–Crippen MR) is 105 cm³/mol. The third-order valence-corrected chi connectivity index (χ3v) is 6.90. The first-order chi connectivity index (χ1) is 13.2. The standard InChI is InChI=1S/C18H20ClF2N3O3S/c19-13-6-14(20)11(5-15(13)21)17-23-16-8-28(26,27)7-12(16)18(24-17)22-9-1-3-10(25)4-2-9/h5-6,9-10,25-27H,1-4,7-8H2,(H,22,23,24). The van der Waals surface area contributed by atoms with Gasteiger partial charge in [-0.3, -0.25) is 9.11 Å². The second-order valence-electron chi connectivity index (χ2n) is 7.31. The number of nitrogens with one attached hydrogen (secondary N) is 1. The summed E-state index contributed by atoms with van der Waals surface area (Å²) in [5.41, 5.74) is 0.859. The molecule has 0 atom stereocenters. The molecule has 0 unspecified atom stereocenters. The van der Waals surface area contributed by atoms with Crippen LogP contribution in [0.25, 0.3) is 11.4 Å². The number of anilines is 1. The maximum Gasteiger partial charge on any atom is 0.164 e. The van der Waals surface area contributed by atoms with Crippen LogP contribution in [0.15, 0.2) is 12.1 Å². The van der Waals surface area contributed by atoms with Crippen LogP contribution in [0.3, 0.4) is 0 Å². The molecule has 4 N–H and O–H groups in total. The topological polar surface area (TPSA) is 98.5 Å². The van der Waals surface area contributed by atoms with Gasteiger partial charge in [0.2, 0.25) is 0 Å². The van der Waals surface area contributed by atoms with Crippen LogP contribution < -0.4 is 5.32 Å². The molecule has 1 fully saturated rings. The van der Waals surface area contributed by atoms with Gasteiger partial charge in [-0.1, -0.05) is 11.6 Å². The van der Waals surface area contributed by atoms with E-state index in [1.54, 1.807) is 0 Å². The van der Waals surface area contributed by atoms with Gasteiger partial charge in [-0.15, -0.1) is 0 Å². The predicted octanol–water partition coefficient (Wildman–Crippen LogP) is 4.55. The highest BCUT2D eigenvalue weighted by molar-refractivity contribution is 8.23. The maximum absolute atomic E-state index is 14.4. The van der Waals surface area contributed by atoms with Gasteiger partial charge >= 0.3 is 0 Å². The van der Waals surface area contributed by atoms with Crippen molar-refractivity contribution in [2.45, 2.75) is 49.3 Å². The Bertz CT molecular complexity index is 923. The molecule has 0 bridgehead atoms. The Morgan fingerprint density at radius 2 is 1.75 bits per heavy atom. The zero-order valence-corrected chi connectivity index (χ0v) is 16.4. The van der Waals surface area contributed by atoms with Gasteiger partial charge in [0.15, 0.2) is 5.82 Å². The van der Waals surface area contributed by atoms with Crippen molar-refractivity contribution in [3.05, 3.63) is 40.0 Å². The quantitative estimate of drug-likeness (QED) is 0.532. The fourth-order valence-corrected chi connectivity index (χ4v) is 5.34. The molecule has 28 heavy (non-hydrogen) atoms. The highest BCUT2D eigenvalue weighted by Gasteiger charge is 2.32. The van der Waals surface area contributed by atoms with E-state index in [1.807, 2.05) is 0 Å². The lowest BCUT2D eigenvalue weighted by molar-refractivity contribution is 0.126. The molecule has 10 heteroatoms. The Kier molecular flexibility index (Phi) is 5.22. The molecular weight excluding hydrogens is 412 g/mol. The van der Waals surface area contributed by atoms with Crippen LogP contribution in [0.1, 0.15) is 36.9 Å². The van der Waals surface area contributed by atoms with Crippen molar-refractivity contribution in [2.75, 3.05) is 5.32 Å². The number of fused-ring (bicyclic) bond motifs is 1. The van der Waals surface area contributed by atoms with E-state index in [2.05, 4.69) is 15.3 Å². The molecule has 1 aliphatic carbocycles. The minimum absolute atomic E-state index is 0.0255. The van der Waals surface area contributed by atoms with Crippen molar-refractivity contribution in [1.82, 2.24) is 9.97 Å². The van der Waals surface area contributed by atoms with Gasteiger partial charge in [-0.05, 0) is 37.8 Å². The third kappa shape index (κ3) is 3.95. The van der Waals surface area contributed by atoms with E-state index in [1.165, 1.54) is 0 Å². The monoisotopic (exact) mass is 431 g/mol. The smallest absolute Gasteiger partial charge is 0.164 e. The normalized spacial score (nSPS) is 24.6. The Labute approximate surface area is 167 Å². The molecule has 1 aliphatic heterocycles. The minimum Gasteiger partial charge on any atom is -0.393 e. The SMILES string of the molecule is OC1CCC(Nc2nc(-c3cc(F)c(Cl)cc3F)nc3c2CS(O)(O)C3)CC1. The van der Waals surface area contributed by atoms with E-state index >= 15 is 0 Å². The summed E-state index contributed by atoms with van der Waals surface area (Å²) >= 11 is 5.63. The average Bonchev–Trinajstić information content (AvgIpc) is 2.94. The lowest BCUT2D eigenvalue weighted by Gasteiger charge is -2.28. The Morgan fingerprint density at radius 3 is 2.46 bits per heavy atom. The van der Waals surface area contributed by atoms with Gasteiger partial charge < -0.3 is 10.4 Å². The van der Waals surface area contributed by atoms with Gasteiger partial charge in [-0.2, -0.15) is 10.6 Å². The summed E-state index contributed by atoms with van der Waals surface area (Å²) in [7, 11) is -2.87. The summed E-state index contributed by atoms with van der Waals surface area (Å²) < 4.78 is 48.5. The fourth-order valence-electron chi connectivity index (χ4n) is 3.65. The molecule has 2 aromatic rings. The molecule has 6 nitrogen and oxygen atoms in total. The van der Waals surface area contributed by atoms with Crippen molar-refractivity contribution >= 4 is 28.0 Å². The number of aliphatic hydroxyl groups is 1. The Hall–Kier alpha value is -1.52. The molecular formula is C18H20ClF2N3O3S. The number of benzene rings is 1. The van der Waals surface area contributed by atoms with E-state index in [9.17, 15) is 23.0 Å². The van der Waals surface area contributed by atoms with Gasteiger partial charge in [-0.25, -0.2) is 18.7 Å². The van der Waals surface area contributed by atoms with Crippen LogP contribution in [-0.4, -0.2) is 36.3 Å². The lowest BCUT2D eigenvalue weighted by Crippen LogP contribution is -2.29. The van der Waals surface area contributed by atoms with E-state index in [4.69, 9.17) is 11.6 Å². The fraction of sp³-hybridized carbons (Fsp3) is 0.444. The Morgan fingerprint density at radius 1 is 1.04 bits per heavy atom. The third-order valence-electron chi connectivity index (χ3n) is 5.12. The molecule has 0 radical (unpaired) electrons. The first kappa shape index (κ1) is 19.8. The number of aliphatic hydroxyl groups excluding tert-OH is 1. The number of nitrogens with zero attached hydrogens (tertiary/aromatic N) is 2. The van der Waals surface area contributed by atoms with Gasteiger partial charge in [0.1, 0.15) is 17.5 Å². The molecule has 2 heterocycles. The number of hydrogen-bond acceptors (Lipinski definition) is 6. The van der Waals surface area contributed by atoms with Crippen molar-refractivity contribution in [3.8, 4) is 11.4 Å². The minimum atomic E-state index is -2.87. The van der Waals surface area contributed by atoms with Crippen LogP contribution in [0.2, 0.25) is 5.02 Å². The van der Waals surface area contributed by atoms with Gasteiger partial charge in [0.05, 0.1) is 33.9 Å². The maximum atomic E-state index is 14.4. The molecule has 1 aromatic carbocycles. The molecule has 0 spiro atoms. The number of aromatic nitrogens is 2. The Balaban J connectivity index is 1.74. The van der Waals surface area contributed by atoms with Crippen molar-refractivity contribution in [3.63, 3.8) is 0 Å². The van der Waals surface area contributed by atoms with Crippen molar-refractivity contribution in [2.24, 2.45) is 0 Å². The molecule has 2 aliphatic rings. The zero-order chi connectivity index (χ0) is 20.1. The highest BCUT2D eigenvalue weighted by atomic mass is 35.5. The van der Waals surface area contributed by atoms with E-state index < -0.39 is 22.2 Å². The van der Waals surface area contributed by atoms with Crippen LogP contribution in [0, 0.1) is 11.6 Å². The number of halogens is 3. The first-order valence-corrected chi connectivity index (χ1v) is 11.2. The van der Waals surface area contributed by atoms with Gasteiger partial charge in [0.25, 0.3) is 0 Å². The van der Waals surface area contributed by atoms with Crippen LogP contribution in [0.5, 0.6) is 0 Å². The van der Waals surface area contributed by atoms with Gasteiger partial charge in [0, 0.05) is 11.6 Å². The van der Waals surface area contributed by atoms with Crippen LogP contribution >= 0.6 is 22.2 Å². The molecule has 152 valence electrons. The molecule has 1 aromatic heterocycles. The second-order valence-corrected chi connectivity index (χ2v) is 9.90. The number of rotatable bonds is 3. The molecule has 4 rings (SSSR count). The summed E-state index contributed by atoms with van der Waals surface area (Å²) in [6.45, 7) is 0. The van der Waals surface area contributed by atoms with E-state index in [0.29, 0.717) is 29.9 Å². The summed E-state index contributed by atoms with van der Waals surface area (Å²) in [4.78, 5) is 8.66. The van der Waals surface area contributed by atoms with E-state index in [-0.39, 0.29) is 40.1 Å². The van der Waals surface area contributed by atoms with Crippen LogP contribution in [0.4, 0.5) is 14.6 Å². The molecule has 0 amide bonds.